The predicted molar refractivity (Wildman–Crippen MR) is 133 cm³/mol. The summed E-state index contributed by atoms with van der Waals surface area (Å²) in [5.41, 5.74) is -5.60. The first kappa shape index (κ1) is 30.2. The van der Waals surface area contributed by atoms with Gasteiger partial charge in [-0.3, -0.25) is 9.10 Å². The maximum atomic E-state index is 14.7. The monoisotopic (exact) mass is 605 g/mol. The quantitative estimate of drug-likeness (QED) is 0.307. The number of carboxylic acid groups (broad SMARTS) is 1. The van der Waals surface area contributed by atoms with Crippen LogP contribution in [0.5, 0.6) is 5.75 Å². The summed E-state index contributed by atoms with van der Waals surface area (Å²) in [5, 5.41) is 9.54. The zero-order chi connectivity index (χ0) is 30.5. The second-order valence-corrected chi connectivity index (χ2v) is 11.9. The third-order valence-corrected chi connectivity index (χ3v) is 8.34. The Morgan fingerprint density at radius 3 is 2.24 bits per heavy atom. The van der Waals surface area contributed by atoms with Crippen LogP contribution < -0.4 is 9.04 Å². The first-order valence-corrected chi connectivity index (χ1v) is 13.4. The molecular formula is C27H22F7NO5S. The minimum Gasteiger partial charge on any atom is -0.486 e. The molecule has 0 aromatic heterocycles. The molecule has 1 aliphatic heterocycles. The minimum atomic E-state index is -4.97. The van der Waals surface area contributed by atoms with E-state index in [2.05, 4.69) is 0 Å². The van der Waals surface area contributed by atoms with E-state index in [0.29, 0.717) is 22.5 Å². The number of benzene rings is 3. The average Bonchev–Trinajstić information content (AvgIpc) is 2.86. The van der Waals surface area contributed by atoms with Gasteiger partial charge in [-0.15, -0.1) is 0 Å². The van der Waals surface area contributed by atoms with Crippen molar-refractivity contribution in [3.8, 4) is 16.9 Å². The molecule has 0 bridgehead atoms. The number of alkyl halides is 6. The van der Waals surface area contributed by atoms with E-state index in [1.165, 1.54) is 13.8 Å². The molecule has 1 aliphatic rings. The lowest BCUT2D eigenvalue weighted by atomic mass is 9.86. The smallest absolute Gasteiger partial charge is 0.417 e. The summed E-state index contributed by atoms with van der Waals surface area (Å²) in [6.07, 6.45) is -11.2. The van der Waals surface area contributed by atoms with Crippen LogP contribution >= 0.6 is 0 Å². The van der Waals surface area contributed by atoms with E-state index < -0.39 is 73.8 Å². The van der Waals surface area contributed by atoms with Crippen molar-refractivity contribution in [1.82, 2.24) is 0 Å². The van der Waals surface area contributed by atoms with Crippen LogP contribution in [0.3, 0.4) is 0 Å². The molecular weight excluding hydrogens is 583 g/mol. The molecule has 0 amide bonds. The Bertz CT molecular complexity index is 1600. The molecule has 41 heavy (non-hydrogen) atoms. The first-order chi connectivity index (χ1) is 18.8. The van der Waals surface area contributed by atoms with Crippen molar-refractivity contribution in [3.05, 3.63) is 77.6 Å². The van der Waals surface area contributed by atoms with Gasteiger partial charge in [0, 0.05) is 12.0 Å². The van der Waals surface area contributed by atoms with Gasteiger partial charge in [0.05, 0.1) is 33.7 Å². The number of halogens is 7. The van der Waals surface area contributed by atoms with Crippen LogP contribution in [-0.2, 0) is 27.2 Å². The maximum Gasteiger partial charge on any atom is 0.417 e. The Morgan fingerprint density at radius 1 is 0.976 bits per heavy atom. The molecule has 4 rings (SSSR count). The molecule has 0 aliphatic carbocycles. The number of ether oxygens (including phenoxy) is 1. The number of sulfonamides is 1. The molecule has 0 saturated heterocycles. The number of carbonyl (C=O) groups is 1. The van der Waals surface area contributed by atoms with Crippen molar-refractivity contribution in [2.24, 2.45) is 5.41 Å². The number of nitrogens with zero attached hydrogens (tertiary/aromatic N) is 1. The van der Waals surface area contributed by atoms with Crippen LogP contribution in [0.1, 0.15) is 31.4 Å². The zero-order valence-corrected chi connectivity index (χ0v) is 22.2. The van der Waals surface area contributed by atoms with Crippen LogP contribution in [0, 0.1) is 11.2 Å². The van der Waals surface area contributed by atoms with Crippen LogP contribution in [0.25, 0.3) is 11.1 Å². The lowest BCUT2D eigenvalue weighted by Gasteiger charge is -2.38. The zero-order valence-electron chi connectivity index (χ0n) is 21.3. The van der Waals surface area contributed by atoms with Crippen LogP contribution in [-0.4, -0.2) is 32.1 Å². The predicted octanol–water partition coefficient (Wildman–Crippen LogP) is 6.99. The van der Waals surface area contributed by atoms with Gasteiger partial charge in [-0.1, -0.05) is 18.2 Å². The number of carboxylic acids is 1. The van der Waals surface area contributed by atoms with Crippen LogP contribution in [0.4, 0.5) is 36.4 Å². The molecule has 14 heteroatoms. The van der Waals surface area contributed by atoms with Gasteiger partial charge in [0.1, 0.15) is 17.7 Å². The van der Waals surface area contributed by atoms with Gasteiger partial charge in [0.15, 0.2) is 0 Å². The third-order valence-electron chi connectivity index (χ3n) is 6.56. The van der Waals surface area contributed by atoms with E-state index in [1.54, 1.807) is 0 Å². The normalized spacial score (nSPS) is 16.2. The minimum absolute atomic E-state index is 0.202. The van der Waals surface area contributed by atoms with Gasteiger partial charge < -0.3 is 9.84 Å². The number of fused-ring (bicyclic) bond motifs is 1. The first-order valence-electron chi connectivity index (χ1n) is 11.9. The highest BCUT2D eigenvalue weighted by molar-refractivity contribution is 7.92. The van der Waals surface area contributed by atoms with E-state index in [9.17, 15) is 49.1 Å². The standard InChI is InChI=1S/C27H22F7NO5S/c1-25(2,24(36)37)13-17-14-35(41(38,39)18-6-3-5-16(12-18)26(29,30)31)21-11-15(9-10-22(21)40-17)23-19(27(32,33)34)7-4-8-20(23)28/h3-12,17H,13-14H2,1-2H3,(H,36,37). The lowest BCUT2D eigenvalue weighted by molar-refractivity contribution is -0.148. The number of aliphatic carboxylic acids is 1. The van der Waals surface area contributed by atoms with Crippen LogP contribution in [0.15, 0.2) is 65.6 Å². The van der Waals surface area contributed by atoms with E-state index in [4.69, 9.17) is 4.74 Å². The second kappa shape index (κ2) is 10.2. The number of hydrogen-bond donors (Lipinski definition) is 1. The highest BCUT2D eigenvalue weighted by atomic mass is 32.2. The SMILES string of the molecule is CC(C)(CC1CN(S(=O)(=O)c2cccc(C(F)(F)F)c2)c2cc(-c3c(F)cccc3C(F)(F)F)ccc2O1)C(=O)O. The van der Waals surface area contributed by atoms with Crippen molar-refractivity contribution in [2.45, 2.75) is 43.6 Å². The van der Waals surface area contributed by atoms with Gasteiger partial charge in [-0.25, -0.2) is 12.8 Å². The van der Waals surface area contributed by atoms with Gasteiger partial charge in [0.2, 0.25) is 0 Å². The summed E-state index contributed by atoms with van der Waals surface area (Å²) in [6, 6.07) is 8.29. The molecule has 0 saturated carbocycles. The fourth-order valence-corrected chi connectivity index (χ4v) is 6.02. The molecule has 1 N–H and O–H groups in total. The molecule has 1 heterocycles. The maximum absolute atomic E-state index is 14.7. The summed E-state index contributed by atoms with van der Waals surface area (Å²) < 4.78 is 130. The van der Waals surface area contributed by atoms with Crippen molar-refractivity contribution >= 4 is 21.7 Å². The van der Waals surface area contributed by atoms with Gasteiger partial charge >= 0.3 is 18.3 Å². The Morgan fingerprint density at radius 2 is 1.63 bits per heavy atom. The van der Waals surface area contributed by atoms with Crippen molar-refractivity contribution in [3.63, 3.8) is 0 Å². The summed E-state index contributed by atoms with van der Waals surface area (Å²) in [6.45, 7) is 2.13. The van der Waals surface area contributed by atoms with Crippen LogP contribution in [0.2, 0.25) is 0 Å². The summed E-state index contributed by atoms with van der Waals surface area (Å²) in [7, 11) is -4.82. The third kappa shape index (κ3) is 5.97. The van der Waals surface area contributed by atoms with Crippen molar-refractivity contribution < 1.29 is 53.8 Å². The molecule has 0 spiro atoms. The lowest BCUT2D eigenvalue weighted by Crippen LogP contribution is -2.46. The molecule has 6 nitrogen and oxygen atoms in total. The summed E-state index contributed by atoms with van der Waals surface area (Å²) in [4.78, 5) is 10.9. The molecule has 1 atom stereocenters. The summed E-state index contributed by atoms with van der Waals surface area (Å²) in [5.74, 6) is -2.68. The number of hydrogen-bond acceptors (Lipinski definition) is 4. The van der Waals surface area contributed by atoms with E-state index in [-0.39, 0.29) is 23.4 Å². The Labute approximate surface area is 230 Å². The topological polar surface area (TPSA) is 83.9 Å². The molecule has 0 radical (unpaired) electrons. The Kier molecular flexibility index (Phi) is 7.52. The fourth-order valence-electron chi connectivity index (χ4n) is 4.47. The van der Waals surface area contributed by atoms with E-state index in [1.807, 2.05) is 0 Å². The fraction of sp³-hybridized carbons (Fsp3) is 0.296. The van der Waals surface area contributed by atoms with Crippen molar-refractivity contribution in [1.29, 1.82) is 0 Å². The average molecular weight is 606 g/mol. The van der Waals surface area contributed by atoms with E-state index in [0.717, 1.165) is 42.5 Å². The number of anilines is 1. The van der Waals surface area contributed by atoms with Gasteiger partial charge in [0.25, 0.3) is 10.0 Å². The van der Waals surface area contributed by atoms with Crippen molar-refractivity contribution in [2.75, 3.05) is 10.8 Å². The highest BCUT2D eigenvalue weighted by Gasteiger charge is 2.41. The second-order valence-electron chi connectivity index (χ2n) is 10.0. The molecule has 1 unspecified atom stereocenters. The Hall–Kier alpha value is -3.81. The summed E-state index contributed by atoms with van der Waals surface area (Å²) >= 11 is 0. The Balaban J connectivity index is 1.91. The molecule has 220 valence electrons. The largest absolute Gasteiger partial charge is 0.486 e. The molecule has 3 aromatic rings. The number of rotatable bonds is 6. The molecule has 3 aromatic carbocycles. The van der Waals surface area contributed by atoms with Gasteiger partial charge in [-0.2, -0.15) is 26.3 Å². The van der Waals surface area contributed by atoms with Gasteiger partial charge in [-0.05, 0) is 61.9 Å². The van der Waals surface area contributed by atoms with E-state index >= 15 is 0 Å². The molecule has 0 fully saturated rings. The highest BCUT2D eigenvalue weighted by Crippen LogP contribution is 2.45.